The maximum atomic E-state index is 9.18. The van der Waals surface area contributed by atoms with Gasteiger partial charge < -0.3 is 5.11 Å². The first kappa shape index (κ1) is 9.62. The second-order valence-electron chi connectivity index (χ2n) is 3.84. The third kappa shape index (κ3) is 1.65. The average molecular weight is 192 g/mol. The quantitative estimate of drug-likeness (QED) is 0.768. The maximum absolute atomic E-state index is 9.18. The van der Waals surface area contributed by atoms with Crippen LogP contribution in [0.5, 0.6) is 0 Å². The van der Waals surface area contributed by atoms with Crippen molar-refractivity contribution in [2.45, 2.75) is 25.5 Å². The molecule has 1 aromatic rings. The summed E-state index contributed by atoms with van der Waals surface area (Å²) in [6.07, 6.45) is 4.15. The molecule has 0 radical (unpaired) electrons. The van der Waals surface area contributed by atoms with Crippen molar-refractivity contribution < 1.29 is 5.11 Å². The third-order valence-corrected chi connectivity index (χ3v) is 2.95. The third-order valence-electron chi connectivity index (χ3n) is 2.95. The van der Waals surface area contributed by atoms with E-state index in [2.05, 4.69) is 23.0 Å². The van der Waals surface area contributed by atoms with Crippen molar-refractivity contribution in [3.8, 4) is 0 Å². The topological polar surface area (TPSA) is 36.4 Å². The van der Waals surface area contributed by atoms with E-state index in [9.17, 15) is 5.11 Å². The Kier molecular flexibility index (Phi) is 2.79. The van der Waals surface area contributed by atoms with E-state index in [4.69, 9.17) is 0 Å². The molecule has 1 aliphatic heterocycles. The predicted octanol–water partition coefficient (Wildman–Crippen LogP) is 1.34. The lowest BCUT2D eigenvalue weighted by atomic mass is 10.0. The van der Waals surface area contributed by atoms with Crippen LogP contribution in [0, 0.1) is 0 Å². The number of aliphatic hydroxyl groups excluding tert-OH is 1. The Morgan fingerprint density at radius 2 is 2.50 bits per heavy atom. The lowest BCUT2D eigenvalue weighted by Crippen LogP contribution is -2.19. The molecule has 3 nitrogen and oxygen atoms in total. The highest BCUT2D eigenvalue weighted by atomic mass is 16.3. The highest BCUT2D eigenvalue weighted by Gasteiger charge is 2.24. The van der Waals surface area contributed by atoms with Crippen LogP contribution in [0.3, 0.4) is 0 Å². The lowest BCUT2D eigenvalue weighted by Gasteiger charge is -2.21. The molecule has 1 aliphatic rings. The Morgan fingerprint density at radius 3 is 3.14 bits per heavy atom. The summed E-state index contributed by atoms with van der Waals surface area (Å²) in [5.74, 6) is 0. The molecule has 76 valence electrons. The van der Waals surface area contributed by atoms with Crippen molar-refractivity contribution in [1.82, 2.24) is 9.88 Å². The number of hydrogen-bond donors (Lipinski definition) is 1. The molecule has 0 bridgehead atoms. The van der Waals surface area contributed by atoms with Gasteiger partial charge in [-0.2, -0.15) is 0 Å². The molecule has 1 atom stereocenters. The monoisotopic (exact) mass is 192 g/mol. The van der Waals surface area contributed by atoms with Crippen molar-refractivity contribution in [2.75, 3.05) is 13.6 Å². The molecule has 0 saturated carbocycles. The second kappa shape index (κ2) is 4.07. The SMILES string of the molecule is CN1CCCC1c1cccnc1CO. The van der Waals surface area contributed by atoms with Gasteiger partial charge in [-0.25, -0.2) is 0 Å². The van der Waals surface area contributed by atoms with Crippen LogP contribution in [-0.4, -0.2) is 28.6 Å². The largest absolute Gasteiger partial charge is 0.390 e. The summed E-state index contributed by atoms with van der Waals surface area (Å²) in [5, 5.41) is 9.18. The first-order valence-corrected chi connectivity index (χ1v) is 5.08. The number of hydrogen-bond acceptors (Lipinski definition) is 3. The molecule has 3 heteroatoms. The van der Waals surface area contributed by atoms with Crippen LogP contribution in [-0.2, 0) is 6.61 Å². The molecule has 1 saturated heterocycles. The second-order valence-corrected chi connectivity index (χ2v) is 3.84. The molecule has 1 fully saturated rings. The summed E-state index contributed by atoms with van der Waals surface area (Å²) < 4.78 is 0. The van der Waals surface area contributed by atoms with E-state index in [1.165, 1.54) is 18.4 Å². The molecule has 2 heterocycles. The first-order chi connectivity index (χ1) is 6.83. The molecule has 2 rings (SSSR count). The Labute approximate surface area is 84.4 Å². The minimum atomic E-state index is 0.0422. The number of aromatic nitrogens is 1. The van der Waals surface area contributed by atoms with Crippen molar-refractivity contribution in [1.29, 1.82) is 0 Å². The van der Waals surface area contributed by atoms with Gasteiger partial charge in [-0.15, -0.1) is 0 Å². The van der Waals surface area contributed by atoms with Crippen molar-refractivity contribution in [3.05, 3.63) is 29.6 Å². The maximum Gasteiger partial charge on any atom is 0.0856 e. The van der Waals surface area contributed by atoms with Gasteiger partial charge in [-0.05, 0) is 38.1 Å². The minimum absolute atomic E-state index is 0.0422. The van der Waals surface area contributed by atoms with E-state index >= 15 is 0 Å². The van der Waals surface area contributed by atoms with Gasteiger partial charge in [0.25, 0.3) is 0 Å². The van der Waals surface area contributed by atoms with E-state index in [-0.39, 0.29) is 6.61 Å². The normalized spacial score (nSPS) is 22.9. The van der Waals surface area contributed by atoms with Crippen molar-refractivity contribution in [3.63, 3.8) is 0 Å². The first-order valence-electron chi connectivity index (χ1n) is 5.08. The molecule has 0 amide bonds. The summed E-state index contributed by atoms with van der Waals surface area (Å²) in [4.78, 5) is 6.53. The van der Waals surface area contributed by atoms with Gasteiger partial charge in [0.05, 0.1) is 12.3 Å². The fraction of sp³-hybridized carbons (Fsp3) is 0.545. The zero-order valence-electron chi connectivity index (χ0n) is 8.48. The molecular weight excluding hydrogens is 176 g/mol. The summed E-state index contributed by atoms with van der Waals surface area (Å²) in [6.45, 7) is 1.19. The molecular formula is C11H16N2O. The molecule has 1 unspecified atom stereocenters. The van der Waals surface area contributed by atoms with Crippen LogP contribution in [0.2, 0.25) is 0 Å². The fourth-order valence-electron chi connectivity index (χ4n) is 2.19. The molecule has 0 aliphatic carbocycles. The standard InChI is InChI=1S/C11H16N2O/c1-13-7-3-5-11(13)9-4-2-6-12-10(9)8-14/h2,4,6,11,14H,3,5,7-8H2,1H3. The zero-order chi connectivity index (χ0) is 9.97. The average Bonchev–Trinajstić information content (AvgIpc) is 2.64. The van der Waals surface area contributed by atoms with E-state index in [0.717, 1.165) is 12.2 Å². The van der Waals surface area contributed by atoms with Crippen molar-refractivity contribution in [2.24, 2.45) is 0 Å². The van der Waals surface area contributed by atoms with E-state index < -0.39 is 0 Å². The van der Waals surface area contributed by atoms with Crippen LogP contribution < -0.4 is 0 Å². The van der Waals surface area contributed by atoms with Gasteiger partial charge in [0.15, 0.2) is 0 Å². The number of nitrogens with zero attached hydrogens (tertiary/aromatic N) is 2. The molecule has 14 heavy (non-hydrogen) atoms. The Morgan fingerprint density at radius 1 is 1.64 bits per heavy atom. The lowest BCUT2D eigenvalue weighted by molar-refractivity contribution is 0.265. The van der Waals surface area contributed by atoms with Gasteiger partial charge in [-0.3, -0.25) is 9.88 Å². The van der Waals surface area contributed by atoms with E-state index in [1.54, 1.807) is 6.20 Å². The highest BCUT2D eigenvalue weighted by molar-refractivity contribution is 5.24. The number of pyridine rings is 1. The van der Waals surface area contributed by atoms with Gasteiger partial charge >= 0.3 is 0 Å². The fourth-order valence-corrected chi connectivity index (χ4v) is 2.19. The molecule has 1 N–H and O–H groups in total. The van der Waals surface area contributed by atoms with Crippen LogP contribution in [0.15, 0.2) is 18.3 Å². The van der Waals surface area contributed by atoms with Gasteiger partial charge in [-0.1, -0.05) is 6.07 Å². The summed E-state index contributed by atoms with van der Waals surface area (Å²) >= 11 is 0. The van der Waals surface area contributed by atoms with E-state index in [0.29, 0.717) is 6.04 Å². The number of aliphatic hydroxyl groups is 1. The van der Waals surface area contributed by atoms with E-state index in [1.807, 2.05) is 6.07 Å². The van der Waals surface area contributed by atoms with Crippen LogP contribution >= 0.6 is 0 Å². The number of rotatable bonds is 2. The number of likely N-dealkylation sites (tertiary alicyclic amines) is 1. The molecule has 0 spiro atoms. The zero-order valence-corrected chi connectivity index (χ0v) is 8.48. The summed E-state index contributed by atoms with van der Waals surface area (Å²) in [5.41, 5.74) is 2.02. The Balaban J connectivity index is 2.30. The molecule has 0 aromatic carbocycles. The minimum Gasteiger partial charge on any atom is -0.390 e. The predicted molar refractivity (Wildman–Crippen MR) is 54.8 cm³/mol. The summed E-state index contributed by atoms with van der Waals surface area (Å²) in [6, 6.07) is 4.47. The highest BCUT2D eigenvalue weighted by Crippen LogP contribution is 2.31. The van der Waals surface area contributed by atoms with Crippen LogP contribution in [0.25, 0.3) is 0 Å². The van der Waals surface area contributed by atoms with Crippen LogP contribution in [0.4, 0.5) is 0 Å². The summed E-state index contributed by atoms with van der Waals surface area (Å²) in [7, 11) is 2.13. The van der Waals surface area contributed by atoms with Crippen molar-refractivity contribution >= 4 is 0 Å². The van der Waals surface area contributed by atoms with Crippen LogP contribution in [0.1, 0.15) is 30.1 Å². The van der Waals surface area contributed by atoms with Gasteiger partial charge in [0.1, 0.15) is 0 Å². The van der Waals surface area contributed by atoms with Gasteiger partial charge in [0.2, 0.25) is 0 Å². The Hall–Kier alpha value is -0.930. The smallest absolute Gasteiger partial charge is 0.0856 e. The molecule has 1 aromatic heterocycles. The van der Waals surface area contributed by atoms with Gasteiger partial charge in [0, 0.05) is 12.2 Å². The Bertz CT molecular complexity index is 314.